The van der Waals surface area contributed by atoms with Crippen molar-refractivity contribution in [3.8, 4) is 11.5 Å². The molecule has 0 aromatic heterocycles. The minimum Gasteiger partial charge on any atom is -0.457 e. The van der Waals surface area contributed by atoms with Gasteiger partial charge >= 0.3 is 0 Å². The second-order valence-corrected chi connectivity index (χ2v) is 7.31. The number of nitrogens with zero attached hydrogens (tertiary/aromatic N) is 1. The maximum Gasteiger partial charge on any atom is 0.237 e. The molecule has 2 aliphatic carbocycles. The Labute approximate surface area is 146 Å². The van der Waals surface area contributed by atoms with Crippen LogP contribution < -0.4 is 9.64 Å². The van der Waals surface area contributed by atoms with Crippen molar-refractivity contribution < 1.29 is 14.3 Å². The number of amides is 2. The Morgan fingerprint density at radius 2 is 1.32 bits per heavy atom. The zero-order chi connectivity index (χ0) is 17.0. The van der Waals surface area contributed by atoms with Crippen LogP contribution in [0.15, 0.2) is 54.6 Å². The van der Waals surface area contributed by atoms with E-state index in [0.29, 0.717) is 23.3 Å². The number of benzene rings is 2. The highest BCUT2D eigenvalue weighted by atomic mass is 16.5. The fourth-order valence-corrected chi connectivity index (χ4v) is 4.95. The van der Waals surface area contributed by atoms with Gasteiger partial charge < -0.3 is 4.74 Å². The molecule has 5 rings (SSSR count). The number of carbonyl (C=O) groups is 2. The van der Waals surface area contributed by atoms with Crippen LogP contribution in [0.2, 0.25) is 0 Å². The first kappa shape index (κ1) is 14.7. The van der Waals surface area contributed by atoms with Crippen LogP contribution in [-0.2, 0) is 9.59 Å². The van der Waals surface area contributed by atoms with Gasteiger partial charge in [0.05, 0.1) is 17.5 Å². The molecule has 2 aromatic rings. The first-order valence-corrected chi connectivity index (χ1v) is 8.93. The summed E-state index contributed by atoms with van der Waals surface area (Å²) in [7, 11) is 0. The van der Waals surface area contributed by atoms with Crippen LogP contribution in [0.1, 0.15) is 19.3 Å². The number of imide groups is 1. The van der Waals surface area contributed by atoms with E-state index in [1.165, 1.54) is 4.90 Å². The molecular formula is C21H19NO3. The first-order valence-electron chi connectivity index (χ1n) is 8.93. The predicted molar refractivity (Wildman–Crippen MR) is 93.3 cm³/mol. The Balaban J connectivity index is 1.39. The zero-order valence-corrected chi connectivity index (χ0v) is 13.8. The van der Waals surface area contributed by atoms with Gasteiger partial charge in [-0.1, -0.05) is 18.2 Å². The fourth-order valence-electron chi connectivity index (χ4n) is 4.95. The van der Waals surface area contributed by atoms with Gasteiger partial charge in [-0.15, -0.1) is 0 Å². The van der Waals surface area contributed by atoms with Crippen molar-refractivity contribution in [2.45, 2.75) is 19.3 Å². The van der Waals surface area contributed by atoms with E-state index < -0.39 is 0 Å². The average molecular weight is 333 g/mol. The number of hydrogen-bond acceptors (Lipinski definition) is 3. The average Bonchev–Trinajstić information content (AvgIpc) is 3.31. The van der Waals surface area contributed by atoms with E-state index in [0.717, 1.165) is 25.0 Å². The Morgan fingerprint density at radius 3 is 1.92 bits per heavy atom. The van der Waals surface area contributed by atoms with Crippen molar-refractivity contribution in [3.63, 3.8) is 0 Å². The molecule has 2 amide bonds. The Bertz CT molecular complexity index is 802. The lowest BCUT2D eigenvalue weighted by atomic mass is 9.81. The highest BCUT2D eigenvalue weighted by Crippen LogP contribution is 2.56. The monoisotopic (exact) mass is 333 g/mol. The van der Waals surface area contributed by atoms with Crippen molar-refractivity contribution in [3.05, 3.63) is 54.6 Å². The molecule has 4 heteroatoms. The van der Waals surface area contributed by atoms with E-state index in [-0.39, 0.29) is 23.7 Å². The lowest BCUT2D eigenvalue weighted by Crippen LogP contribution is -2.32. The number of hydrogen-bond donors (Lipinski definition) is 0. The quantitative estimate of drug-likeness (QED) is 0.797. The van der Waals surface area contributed by atoms with E-state index in [1.807, 2.05) is 42.5 Å². The molecule has 4 atom stereocenters. The lowest BCUT2D eigenvalue weighted by molar-refractivity contribution is -0.123. The number of para-hydroxylation sites is 1. The van der Waals surface area contributed by atoms with Crippen LogP contribution in [0, 0.1) is 23.7 Å². The topological polar surface area (TPSA) is 46.6 Å². The van der Waals surface area contributed by atoms with Gasteiger partial charge in [0.25, 0.3) is 0 Å². The summed E-state index contributed by atoms with van der Waals surface area (Å²) in [6, 6.07) is 16.8. The number of rotatable bonds is 3. The van der Waals surface area contributed by atoms with Gasteiger partial charge in [0, 0.05) is 0 Å². The van der Waals surface area contributed by atoms with Crippen molar-refractivity contribution in [1.82, 2.24) is 0 Å². The van der Waals surface area contributed by atoms with Gasteiger partial charge in [-0.05, 0) is 67.5 Å². The molecule has 1 heterocycles. The molecule has 0 N–H and O–H groups in total. The molecule has 2 saturated carbocycles. The standard InChI is InChI=1S/C21H19NO3/c23-20-18-13-6-7-14(12-13)19(18)21(24)22(20)15-8-10-17(11-9-15)25-16-4-2-1-3-5-16/h1-5,8-11,13-14,18-19H,6-7,12H2/t13-,14-,18-,19-/m0/s1. The third-order valence-corrected chi connectivity index (χ3v) is 6.00. The number of fused-ring (bicyclic) bond motifs is 5. The van der Waals surface area contributed by atoms with Gasteiger partial charge in [0.2, 0.25) is 11.8 Å². The normalized spacial score (nSPS) is 30.0. The van der Waals surface area contributed by atoms with Crippen LogP contribution >= 0.6 is 0 Å². The van der Waals surface area contributed by atoms with E-state index >= 15 is 0 Å². The van der Waals surface area contributed by atoms with Gasteiger partial charge in [0.1, 0.15) is 11.5 Å². The van der Waals surface area contributed by atoms with Crippen molar-refractivity contribution in [2.75, 3.05) is 4.90 Å². The molecule has 1 saturated heterocycles. The smallest absolute Gasteiger partial charge is 0.237 e. The lowest BCUT2D eigenvalue weighted by Gasteiger charge is -2.19. The minimum atomic E-state index is -0.0773. The molecule has 25 heavy (non-hydrogen) atoms. The molecular weight excluding hydrogens is 314 g/mol. The van der Waals surface area contributed by atoms with E-state index in [9.17, 15) is 9.59 Å². The van der Waals surface area contributed by atoms with E-state index in [2.05, 4.69) is 0 Å². The van der Waals surface area contributed by atoms with Crippen molar-refractivity contribution in [1.29, 1.82) is 0 Å². The molecule has 0 unspecified atom stereocenters. The van der Waals surface area contributed by atoms with Crippen LogP contribution in [0.25, 0.3) is 0 Å². The molecule has 0 spiro atoms. The zero-order valence-electron chi connectivity index (χ0n) is 13.8. The summed E-state index contributed by atoms with van der Waals surface area (Å²) in [4.78, 5) is 27.1. The van der Waals surface area contributed by atoms with Gasteiger partial charge in [-0.25, -0.2) is 0 Å². The molecule has 3 aliphatic rings. The van der Waals surface area contributed by atoms with Crippen LogP contribution in [-0.4, -0.2) is 11.8 Å². The largest absolute Gasteiger partial charge is 0.457 e. The summed E-state index contributed by atoms with van der Waals surface area (Å²) < 4.78 is 5.78. The maximum atomic E-state index is 12.8. The van der Waals surface area contributed by atoms with Crippen molar-refractivity contribution >= 4 is 17.5 Å². The Morgan fingerprint density at radius 1 is 0.760 bits per heavy atom. The Hall–Kier alpha value is -2.62. The molecule has 0 radical (unpaired) electrons. The summed E-state index contributed by atoms with van der Waals surface area (Å²) in [5.41, 5.74) is 0.657. The summed E-state index contributed by atoms with van der Waals surface area (Å²) in [5, 5.41) is 0. The van der Waals surface area contributed by atoms with Crippen LogP contribution in [0.3, 0.4) is 0 Å². The summed E-state index contributed by atoms with van der Waals surface area (Å²) in [5.74, 6) is 2.12. The molecule has 1 aliphatic heterocycles. The van der Waals surface area contributed by atoms with E-state index in [4.69, 9.17) is 4.74 Å². The molecule has 2 bridgehead atoms. The number of ether oxygens (including phenoxy) is 1. The third-order valence-electron chi connectivity index (χ3n) is 6.00. The van der Waals surface area contributed by atoms with E-state index in [1.54, 1.807) is 12.1 Å². The predicted octanol–water partition coefficient (Wildman–Crippen LogP) is 4.01. The SMILES string of the molecule is O=C1[C@H]2[C@H]3CC[C@@H](C3)[C@@H]2C(=O)N1c1ccc(Oc2ccccc2)cc1. The second-order valence-electron chi connectivity index (χ2n) is 7.31. The Kier molecular flexibility index (Phi) is 3.20. The summed E-state index contributed by atoms with van der Waals surface area (Å²) >= 11 is 0. The molecule has 126 valence electrons. The highest BCUT2D eigenvalue weighted by Gasteiger charge is 2.61. The van der Waals surface area contributed by atoms with Gasteiger partial charge in [-0.2, -0.15) is 0 Å². The second kappa shape index (κ2) is 5.45. The first-order chi connectivity index (χ1) is 12.2. The van der Waals surface area contributed by atoms with Crippen LogP contribution in [0.5, 0.6) is 11.5 Å². The molecule has 2 aromatic carbocycles. The number of carbonyl (C=O) groups excluding carboxylic acids is 2. The highest BCUT2D eigenvalue weighted by molar-refractivity contribution is 6.22. The fraction of sp³-hybridized carbons (Fsp3) is 0.333. The third kappa shape index (κ3) is 2.20. The number of anilines is 1. The molecule has 4 nitrogen and oxygen atoms in total. The van der Waals surface area contributed by atoms with Crippen LogP contribution in [0.4, 0.5) is 5.69 Å². The minimum absolute atomic E-state index is 0.000993. The van der Waals surface area contributed by atoms with Gasteiger partial charge in [0.15, 0.2) is 0 Å². The molecule has 3 fully saturated rings. The summed E-state index contributed by atoms with van der Waals surface area (Å²) in [6.07, 6.45) is 3.26. The van der Waals surface area contributed by atoms with Crippen molar-refractivity contribution in [2.24, 2.45) is 23.7 Å². The van der Waals surface area contributed by atoms with Gasteiger partial charge in [-0.3, -0.25) is 14.5 Å². The summed E-state index contributed by atoms with van der Waals surface area (Å²) in [6.45, 7) is 0. The maximum absolute atomic E-state index is 12.8.